The zero-order chi connectivity index (χ0) is 24.0. The molecular formula is C26H32FN3O2S2. The number of nitrogens with one attached hydrogen (secondary N) is 1. The summed E-state index contributed by atoms with van der Waals surface area (Å²) >= 11 is 1.53. The zero-order valence-electron chi connectivity index (χ0n) is 19.5. The van der Waals surface area contributed by atoms with E-state index < -0.39 is 15.8 Å². The molecular weight excluding hydrogens is 469 g/mol. The number of aromatic nitrogens is 1. The summed E-state index contributed by atoms with van der Waals surface area (Å²) in [5.74, 6) is -0.446. The molecule has 4 rings (SSSR count). The van der Waals surface area contributed by atoms with Crippen LogP contribution in [-0.2, 0) is 23.1 Å². The molecule has 1 fully saturated rings. The fourth-order valence-corrected chi connectivity index (χ4v) is 6.79. The van der Waals surface area contributed by atoms with Crippen molar-refractivity contribution in [1.29, 1.82) is 0 Å². The third-order valence-electron chi connectivity index (χ3n) is 6.26. The second kappa shape index (κ2) is 11.5. The Morgan fingerprint density at radius 1 is 1.09 bits per heavy atom. The Balaban J connectivity index is 1.49. The Morgan fingerprint density at radius 2 is 1.79 bits per heavy atom. The molecule has 8 heteroatoms. The van der Waals surface area contributed by atoms with Gasteiger partial charge in [0.25, 0.3) is 0 Å². The van der Waals surface area contributed by atoms with Gasteiger partial charge in [0, 0.05) is 23.5 Å². The van der Waals surface area contributed by atoms with Crippen molar-refractivity contribution in [2.75, 3.05) is 6.54 Å². The largest absolute Gasteiger partial charge is 0.313 e. The summed E-state index contributed by atoms with van der Waals surface area (Å²) in [5.41, 5.74) is 3.00. The molecule has 0 unspecified atom stereocenters. The maximum Gasteiger partial charge on any atom is 0.243 e. The molecule has 0 atom stereocenters. The number of thiazole rings is 1. The first-order valence-corrected chi connectivity index (χ1v) is 14.3. The van der Waals surface area contributed by atoms with Crippen molar-refractivity contribution in [2.45, 2.75) is 69.5 Å². The maximum absolute atomic E-state index is 13.4. The quantitative estimate of drug-likeness (QED) is 0.329. The Hall–Kier alpha value is -2.13. The number of benzene rings is 2. The molecule has 5 nitrogen and oxygen atoms in total. The van der Waals surface area contributed by atoms with Crippen molar-refractivity contribution in [1.82, 2.24) is 14.6 Å². The number of hydrogen-bond donors (Lipinski definition) is 1. The Bertz CT molecular complexity index is 1160. The molecule has 1 aliphatic rings. The molecule has 0 radical (unpaired) electrons. The predicted octanol–water partition coefficient (Wildman–Crippen LogP) is 5.97. The van der Waals surface area contributed by atoms with Gasteiger partial charge in [0.05, 0.1) is 17.1 Å². The Kier molecular flexibility index (Phi) is 8.47. The van der Waals surface area contributed by atoms with E-state index in [0.717, 1.165) is 55.0 Å². The van der Waals surface area contributed by atoms with E-state index in [4.69, 9.17) is 4.98 Å². The van der Waals surface area contributed by atoms with E-state index in [0.29, 0.717) is 0 Å². The van der Waals surface area contributed by atoms with E-state index in [-0.39, 0.29) is 17.5 Å². The highest BCUT2D eigenvalue weighted by atomic mass is 32.2. The zero-order valence-corrected chi connectivity index (χ0v) is 21.2. The molecule has 1 N–H and O–H groups in total. The van der Waals surface area contributed by atoms with Crippen LogP contribution in [0.4, 0.5) is 4.39 Å². The van der Waals surface area contributed by atoms with E-state index in [1.165, 1.54) is 54.0 Å². The molecule has 0 amide bonds. The highest BCUT2D eigenvalue weighted by Gasteiger charge is 2.34. The van der Waals surface area contributed by atoms with E-state index in [9.17, 15) is 12.8 Å². The van der Waals surface area contributed by atoms with Gasteiger partial charge in [-0.15, -0.1) is 11.3 Å². The van der Waals surface area contributed by atoms with Gasteiger partial charge in [0.1, 0.15) is 10.8 Å². The van der Waals surface area contributed by atoms with Crippen LogP contribution in [0.25, 0.3) is 10.6 Å². The second-order valence-corrected chi connectivity index (χ2v) is 11.6. The van der Waals surface area contributed by atoms with Gasteiger partial charge >= 0.3 is 0 Å². The Morgan fingerprint density at radius 3 is 2.47 bits per heavy atom. The van der Waals surface area contributed by atoms with Gasteiger partial charge in [-0.2, -0.15) is 4.31 Å². The second-order valence-electron chi connectivity index (χ2n) is 8.81. The molecule has 0 bridgehead atoms. The maximum atomic E-state index is 13.4. The number of unbranched alkanes of at least 4 members (excludes halogenated alkanes) is 1. The van der Waals surface area contributed by atoms with Gasteiger partial charge in [-0.3, -0.25) is 0 Å². The minimum atomic E-state index is -3.75. The highest BCUT2D eigenvalue weighted by Crippen LogP contribution is 2.32. The van der Waals surface area contributed by atoms with Crippen LogP contribution in [0, 0.1) is 5.82 Å². The molecule has 182 valence electrons. The smallest absolute Gasteiger partial charge is 0.243 e. The van der Waals surface area contributed by atoms with E-state index in [2.05, 4.69) is 36.5 Å². The molecule has 2 aromatic carbocycles. The third-order valence-corrected chi connectivity index (χ3v) is 9.11. The molecule has 1 heterocycles. The van der Waals surface area contributed by atoms with Gasteiger partial charge in [-0.25, -0.2) is 17.8 Å². The summed E-state index contributed by atoms with van der Waals surface area (Å²) < 4.78 is 41.9. The van der Waals surface area contributed by atoms with Gasteiger partial charge in [0.15, 0.2) is 0 Å². The van der Waals surface area contributed by atoms with Crippen LogP contribution in [0.15, 0.2) is 58.8 Å². The topological polar surface area (TPSA) is 62.3 Å². The van der Waals surface area contributed by atoms with Crippen molar-refractivity contribution >= 4 is 21.4 Å². The van der Waals surface area contributed by atoms with Crippen LogP contribution in [0.5, 0.6) is 0 Å². The van der Waals surface area contributed by atoms with Crippen LogP contribution >= 0.6 is 11.3 Å². The first-order valence-electron chi connectivity index (χ1n) is 12.0. The van der Waals surface area contributed by atoms with Crippen molar-refractivity contribution in [3.05, 3.63) is 71.0 Å². The lowest BCUT2D eigenvalue weighted by atomic mass is 10.1. The first-order chi connectivity index (χ1) is 16.5. The highest BCUT2D eigenvalue weighted by molar-refractivity contribution is 7.89. The summed E-state index contributed by atoms with van der Waals surface area (Å²) in [6, 6.07) is 13.4. The fourth-order valence-electron chi connectivity index (χ4n) is 4.32. The lowest BCUT2D eigenvalue weighted by Gasteiger charge is -2.27. The summed E-state index contributed by atoms with van der Waals surface area (Å²) in [4.78, 5) is 4.89. The van der Waals surface area contributed by atoms with Crippen LogP contribution in [-0.4, -0.2) is 30.3 Å². The third kappa shape index (κ3) is 6.10. The van der Waals surface area contributed by atoms with Crippen molar-refractivity contribution in [2.24, 2.45) is 0 Å². The number of halogens is 1. The minimum Gasteiger partial charge on any atom is -0.313 e. The van der Waals surface area contributed by atoms with Crippen molar-refractivity contribution in [3.63, 3.8) is 0 Å². The standard InChI is InChI=1S/C26H32FN3O2S2/c1-2-3-16-28-17-20-8-10-21(11-9-20)26-29-23(19-33-26)18-30(24-6-4-5-7-24)34(31,32)25-14-12-22(27)13-15-25/h8-15,19,24,28H,2-7,16-18H2,1H3. The summed E-state index contributed by atoms with van der Waals surface area (Å²) in [6.07, 6.45) is 6.07. The number of rotatable bonds is 11. The summed E-state index contributed by atoms with van der Waals surface area (Å²) in [6.45, 7) is 4.28. The normalized spacial score (nSPS) is 14.8. The first kappa shape index (κ1) is 25.0. The fraction of sp³-hybridized carbons (Fsp3) is 0.423. The van der Waals surface area contributed by atoms with Crippen LogP contribution in [0.3, 0.4) is 0 Å². The molecule has 0 spiro atoms. The van der Waals surface area contributed by atoms with Crippen LogP contribution < -0.4 is 5.32 Å². The number of hydrogen-bond acceptors (Lipinski definition) is 5. The number of nitrogens with zero attached hydrogens (tertiary/aromatic N) is 2. The molecule has 1 aliphatic carbocycles. The van der Waals surface area contributed by atoms with Gasteiger partial charge in [0.2, 0.25) is 10.0 Å². The average Bonchev–Trinajstić information content (AvgIpc) is 3.53. The monoisotopic (exact) mass is 501 g/mol. The van der Waals surface area contributed by atoms with Crippen molar-refractivity contribution < 1.29 is 12.8 Å². The molecule has 1 aromatic heterocycles. The molecule has 3 aromatic rings. The van der Waals surface area contributed by atoms with E-state index >= 15 is 0 Å². The lowest BCUT2D eigenvalue weighted by Crippen LogP contribution is -2.38. The van der Waals surface area contributed by atoms with Gasteiger partial charge in [-0.1, -0.05) is 50.5 Å². The molecule has 0 saturated heterocycles. The molecule has 34 heavy (non-hydrogen) atoms. The van der Waals surface area contributed by atoms with Gasteiger partial charge < -0.3 is 5.32 Å². The van der Waals surface area contributed by atoms with Crippen LogP contribution in [0.2, 0.25) is 0 Å². The van der Waals surface area contributed by atoms with E-state index in [1.54, 1.807) is 4.31 Å². The van der Waals surface area contributed by atoms with E-state index in [1.807, 2.05) is 5.38 Å². The predicted molar refractivity (Wildman–Crippen MR) is 136 cm³/mol. The minimum absolute atomic E-state index is 0.0558. The SMILES string of the molecule is CCCCNCc1ccc(-c2nc(CN(C3CCCC3)S(=O)(=O)c3ccc(F)cc3)cs2)cc1. The summed E-state index contributed by atoms with van der Waals surface area (Å²) in [7, 11) is -3.75. The van der Waals surface area contributed by atoms with Gasteiger partial charge in [-0.05, 0) is 55.6 Å². The molecule has 0 aliphatic heterocycles. The van der Waals surface area contributed by atoms with Crippen LogP contribution in [0.1, 0.15) is 56.7 Å². The number of sulfonamides is 1. The summed E-state index contributed by atoms with van der Waals surface area (Å²) in [5, 5.41) is 6.27. The lowest BCUT2D eigenvalue weighted by molar-refractivity contribution is 0.313. The average molecular weight is 502 g/mol. The Labute approximate surface area is 206 Å². The van der Waals surface area contributed by atoms with Crippen molar-refractivity contribution in [3.8, 4) is 10.6 Å². The molecule has 1 saturated carbocycles.